The Hall–Kier alpha value is -2.49. The first-order valence-electron chi connectivity index (χ1n) is 12.4. The van der Waals surface area contributed by atoms with E-state index in [0.29, 0.717) is 71.1 Å². The third-order valence-electron chi connectivity index (χ3n) is 6.65. The predicted octanol–water partition coefficient (Wildman–Crippen LogP) is 1.35. The van der Waals surface area contributed by atoms with E-state index in [1.54, 1.807) is 0 Å². The molecule has 1 aromatic heterocycles. The summed E-state index contributed by atoms with van der Waals surface area (Å²) < 4.78 is 7.32. The number of carbonyl (C=O) groups is 2. The van der Waals surface area contributed by atoms with Crippen LogP contribution in [0.3, 0.4) is 0 Å². The fourth-order valence-corrected chi connectivity index (χ4v) is 5.00. The quantitative estimate of drug-likeness (QED) is 0.603. The van der Waals surface area contributed by atoms with E-state index in [2.05, 4.69) is 19.2 Å². The third-order valence-corrected chi connectivity index (χ3v) is 6.65. The maximum absolute atomic E-state index is 14.0. The van der Waals surface area contributed by atoms with Gasteiger partial charge in [-0.05, 0) is 30.9 Å². The van der Waals surface area contributed by atoms with Crippen LogP contribution >= 0.6 is 0 Å². The number of aliphatic hydroxyl groups is 1. The van der Waals surface area contributed by atoms with Gasteiger partial charge in [0.05, 0.1) is 30.2 Å². The van der Waals surface area contributed by atoms with Gasteiger partial charge in [0.25, 0.3) is 5.91 Å². The molecular weight excluding hydrogens is 434 g/mol. The van der Waals surface area contributed by atoms with Crippen LogP contribution in [0.15, 0.2) is 24.3 Å². The minimum Gasteiger partial charge on any atom is -0.396 e. The van der Waals surface area contributed by atoms with Crippen molar-refractivity contribution in [2.75, 3.05) is 52.5 Å². The molecule has 2 aliphatic rings. The van der Waals surface area contributed by atoms with Gasteiger partial charge in [0.1, 0.15) is 0 Å². The van der Waals surface area contributed by atoms with Gasteiger partial charge in [-0.15, -0.1) is 0 Å². The number of piperidine rings is 1. The highest BCUT2D eigenvalue weighted by Gasteiger charge is 2.36. The smallest absolute Gasteiger partial charge is 0.290 e. The van der Waals surface area contributed by atoms with Crippen LogP contribution in [0.1, 0.15) is 37.3 Å². The van der Waals surface area contributed by atoms with E-state index in [-0.39, 0.29) is 36.3 Å². The molecule has 2 saturated heterocycles. The second kappa shape index (κ2) is 11.3. The molecule has 0 unspecified atom stereocenters. The number of nitrogens with zero attached hydrogens (tertiary/aromatic N) is 4. The van der Waals surface area contributed by atoms with Crippen LogP contribution in [0.2, 0.25) is 0 Å². The van der Waals surface area contributed by atoms with Crippen LogP contribution in [0.5, 0.6) is 0 Å². The second-order valence-corrected chi connectivity index (χ2v) is 9.69. The molecule has 9 heteroatoms. The number of imidazole rings is 1. The number of para-hydroxylation sites is 2. The fraction of sp³-hybridized carbons (Fsp3) is 0.640. The minimum absolute atomic E-state index is 0.0493. The van der Waals surface area contributed by atoms with E-state index >= 15 is 0 Å². The van der Waals surface area contributed by atoms with Crippen molar-refractivity contribution in [2.24, 2.45) is 11.8 Å². The molecule has 0 aliphatic carbocycles. The molecule has 2 fully saturated rings. The number of morpholine rings is 1. The first kappa shape index (κ1) is 24.6. The molecule has 9 nitrogen and oxygen atoms in total. The maximum Gasteiger partial charge on any atom is 0.290 e. The summed E-state index contributed by atoms with van der Waals surface area (Å²) in [5.74, 6) is 0.542. The molecule has 0 radical (unpaired) electrons. The van der Waals surface area contributed by atoms with Crippen LogP contribution in [0.25, 0.3) is 11.0 Å². The Kier molecular flexibility index (Phi) is 8.18. The number of rotatable bonds is 8. The zero-order valence-corrected chi connectivity index (χ0v) is 20.3. The van der Waals surface area contributed by atoms with E-state index in [1.807, 2.05) is 38.6 Å². The standard InChI is InChI=1S/C25H37N5O4/c1-18(2)17-30(20-14-19(15-26-16-20)24(32)28-9-12-34-13-10-28)25(33)23-27-21-6-3-4-7-22(21)29(23)8-5-11-31/h3-4,6-7,18-20,26,31H,5,8-17H2,1-2H3/t19-,20+/m1/s1. The lowest BCUT2D eigenvalue weighted by atomic mass is 9.92. The van der Waals surface area contributed by atoms with E-state index in [1.165, 1.54) is 0 Å². The number of carbonyl (C=O) groups excluding carboxylic acids is 2. The monoisotopic (exact) mass is 471 g/mol. The Morgan fingerprint density at radius 1 is 1.24 bits per heavy atom. The Balaban J connectivity index is 1.59. The lowest BCUT2D eigenvalue weighted by Crippen LogP contribution is -2.56. The molecule has 34 heavy (non-hydrogen) atoms. The molecule has 0 spiro atoms. The van der Waals surface area contributed by atoms with E-state index < -0.39 is 0 Å². The van der Waals surface area contributed by atoms with Crippen molar-refractivity contribution in [2.45, 2.75) is 39.3 Å². The van der Waals surface area contributed by atoms with Gasteiger partial charge in [-0.3, -0.25) is 9.59 Å². The molecule has 2 aliphatic heterocycles. The lowest BCUT2D eigenvalue weighted by molar-refractivity contribution is -0.140. The molecule has 2 atom stereocenters. The number of aromatic nitrogens is 2. The average Bonchev–Trinajstić information content (AvgIpc) is 3.24. The predicted molar refractivity (Wildman–Crippen MR) is 129 cm³/mol. The molecule has 0 saturated carbocycles. The zero-order valence-electron chi connectivity index (χ0n) is 20.3. The summed E-state index contributed by atoms with van der Waals surface area (Å²) >= 11 is 0. The number of aliphatic hydroxyl groups excluding tert-OH is 1. The van der Waals surface area contributed by atoms with Crippen molar-refractivity contribution < 1.29 is 19.4 Å². The van der Waals surface area contributed by atoms with Gasteiger partial charge in [0.15, 0.2) is 5.82 Å². The highest BCUT2D eigenvalue weighted by Crippen LogP contribution is 2.24. The van der Waals surface area contributed by atoms with Crippen molar-refractivity contribution in [3.05, 3.63) is 30.1 Å². The Bertz CT molecular complexity index is 985. The van der Waals surface area contributed by atoms with Gasteiger partial charge in [-0.25, -0.2) is 4.98 Å². The van der Waals surface area contributed by atoms with E-state index in [9.17, 15) is 14.7 Å². The summed E-state index contributed by atoms with van der Waals surface area (Å²) in [6, 6.07) is 7.63. The molecule has 0 bridgehead atoms. The summed E-state index contributed by atoms with van der Waals surface area (Å²) in [4.78, 5) is 35.6. The topological polar surface area (TPSA) is 99.9 Å². The molecule has 4 rings (SSSR count). The second-order valence-electron chi connectivity index (χ2n) is 9.69. The van der Waals surface area contributed by atoms with Gasteiger partial charge in [-0.1, -0.05) is 26.0 Å². The van der Waals surface area contributed by atoms with Crippen molar-refractivity contribution in [1.82, 2.24) is 24.7 Å². The van der Waals surface area contributed by atoms with Crippen LogP contribution in [0.4, 0.5) is 0 Å². The van der Waals surface area contributed by atoms with Gasteiger partial charge in [0.2, 0.25) is 5.91 Å². The average molecular weight is 472 g/mol. The Labute approximate surface area is 201 Å². The van der Waals surface area contributed by atoms with Gasteiger partial charge < -0.3 is 29.5 Å². The third kappa shape index (κ3) is 5.42. The highest BCUT2D eigenvalue weighted by molar-refractivity contribution is 5.95. The number of amides is 2. The summed E-state index contributed by atoms with van der Waals surface area (Å²) in [7, 11) is 0. The molecule has 2 aromatic rings. The zero-order chi connectivity index (χ0) is 24.1. The van der Waals surface area contributed by atoms with Gasteiger partial charge >= 0.3 is 0 Å². The Morgan fingerprint density at radius 2 is 2.00 bits per heavy atom. The van der Waals surface area contributed by atoms with Crippen molar-refractivity contribution in [1.29, 1.82) is 0 Å². The molecule has 3 heterocycles. The maximum atomic E-state index is 14.0. The summed E-state index contributed by atoms with van der Waals surface area (Å²) in [5, 5.41) is 12.8. The fourth-order valence-electron chi connectivity index (χ4n) is 5.00. The molecule has 1 aromatic carbocycles. The number of hydrogen-bond donors (Lipinski definition) is 2. The lowest BCUT2D eigenvalue weighted by Gasteiger charge is -2.40. The normalized spacial score (nSPS) is 21.2. The summed E-state index contributed by atoms with van der Waals surface area (Å²) in [5.41, 5.74) is 1.67. The van der Waals surface area contributed by atoms with Crippen LogP contribution in [-0.2, 0) is 16.1 Å². The van der Waals surface area contributed by atoms with E-state index in [0.717, 1.165) is 11.0 Å². The summed E-state index contributed by atoms with van der Waals surface area (Å²) in [6.07, 6.45) is 1.18. The molecule has 2 amide bonds. The number of ether oxygens (including phenoxy) is 1. The SMILES string of the molecule is CC(C)CN(C(=O)c1nc2ccccc2n1CCCO)[C@@H]1CNC[C@H](C(=O)N2CCOCC2)C1. The minimum atomic E-state index is -0.160. The van der Waals surface area contributed by atoms with Crippen LogP contribution < -0.4 is 5.32 Å². The number of nitrogens with one attached hydrogen (secondary N) is 1. The number of hydrogen-bond acceptors (Lipinski definition) is 6. The van der Waals surface area contributed by atoms with Crippen molar-refractivity contribution >= 4 is 22.8 Å². The first-order valence-corrected chi connectivity index (χ1v) is 12.4. The highest BCUT2D eigenvalue weighted by atomic mass is 16.5. The molecule has 2 N–H and O–H groups in total. The number of benzene rings is 1. The number of fused-ring (bicyclic) bond motifs is 1. The van der Waals surface area contributed by atoms with Crippen molar-refractivity contribution in [3.8, 4) is 0 Å². The number of aryl methyl sites for hydroxylation is 1. The molecular formula is C25H37N5O4. The van der Waals surface area contributed by atoms with Crippen LogP contribution in [-0.4, -0.2) is 94.9 Å². The molecule has 186 valence electrons. The first-order chi connectivity index (χ1) is 16.5. The van der Waals surface area contributed by atoms with E-state index in [4.69, 9.17) is 9.72 Å². The van der Waals surface area contributed by atoms with Crippen molar-refractivity contribution in [3.63, 3.8) is 0 Å². The van der Waals surface area contributed by atoms with Crippen LogP contribution in [0, 0.1) is 11.8 Å². The Morgan fingerprint density at radius 3 is 2.74 bits per heavy atom. The van der Waals surface area contributed by atoms with Gasteiger partial charge in [0, 0.05) is 51.9 Å². The van der Waals surface area contributed by atoms with Gasteiger partial charge in [-0.2, -0.15) is 0 Å². The largest absolute Gasteiger partial charge is 0.396 e. The summed E-state index contributed by atoms with van der Waals surface area (Å²) in [6.45, 7) is 9.06.